The normalized spacial score (nSPS) is 16.8. The van der Waals surface area contributed by atoms with E-state index >= 15 is 0 Å². The molecule has 5 nitrogen and oxygen atoms in total. The Hall–Kier alpha value is -1.69. The maximum Gasteiger partial charge on any atom is 0.329 e. The van der Waals surface area contributed by atoms with Crippen LogP contribution in [0.5, 0.6) is 5.75 Å². The highest BCUT2D eigenvalue weighted by Gasteiger charge is 2.41. The average molecular weight is 337 g/mol. The molecule has 1 saturated heterocycles. The third kappa shape index (κ3) is 4.64. The first-order valence-electron chi connectivity index (χ1n) is 7.78. The first-order chi connectivity index (χ1) is 10.9. The number of carbonyl (C=O) groups is 2. The maximum atomic E-state index is 12.1. The van der Waals surface area contributed by atoms with Gasteiger partial charge in [-0.1, -0.05) is 26.0 Å². The standard InChI is InChI=1S/C17H23NO4S/c1-12(2)13-4-3-5-14(10-13)22-11-15(19)18-17(16(20)21)6-8-23-9-7-17/h3-5,10,12H,6-9,11H2,1-2H3,(H,18,19)(H,20,21). The van der Waals surface area contributed by atoms with Crippen LogP contribution >= 0.6 is 11.8 Å². The molecule has 1 heterocycles. The highest BCUT2D eigenvalue weighted by atomic mass is 32.2. The molecule has 1 fully saturated rings. The lowest BCUT2D eigenvalue weighted by molar-refractivity contribution is -0.148. The summed E-state index contributed by atoms with van der Waals surface area (Å²) in [5, 5.41) is 12.1. The van der Waals surface area contributed by atoms with E-state index in [0.717, 1.165) is 17.1 Å². The number of nitrogens with one attached hydrogen (secondary N) is 1. The molecule has 2 rings (SSSR count). The predicted octanol–water partition coefficient (Wildman–Crippen LogP) is 2.66. The van der Waals surface area contributed by atoms with E-state index in [0.29, 0.717) is 24.5 Å². The molecule has 23 heavy (non-hydrogen) atoms. The van der Waals surface area contributed by atoms with Crippen molar-refractivity contribution in [3.8, 4) is 5.75 Å². The number of carboxylic acids is 1. The number of amides is 1. The minimum Gasteiger partial charge on any atom is -0.484 e. The number of hydrogen-bond acceptors (Lipinski definition) is 4. The highest BCUT2D eigenvalue weighted by molar-refractivity contribution is 7.99. The molecule has 6 heteroatoms. The second-order valence-electron chi connectivity index (χ2n) is 6.06. The topological polar surface area (TPSA) is 75.6 Å². The fourth-order valence-corrected chi connectivity index (χ4v) is 3.72. The minimum absolute atomic E-state index is 0.177. The molecule has 0 radical (unpaired) electrons. The number of carboxylic acid groups (broad SMARTS) is 1. The van der Waals surface area contributed by atoms with Crippen LogP contribution in [0, 0.1) is 0 Å². The van der Waals surface area contributed by atoms with Crippen LogP contribution < -0.4 is 10.1 Å². The van der Waals surface area contributed by atoms with Crippen molar-refractivity contribution in [2.24, 2.45) is 0 Å². The van der Waals surface area contributed by atoms with Gasteiger partial charge in [-0.3, -0.25) is 4.79 Å². The van der Waals surface area contributed by atoms with E-state index in [2.05, 4.69) is 19.2 Å². The number of rotatable bonds is 6. The van der Waals surface area contributed by atoms with Crippen molar-refractivity contribution in [2.75, 3.05) is 18.1 Å². The van der Waals surface area contributed by atoms with Gasteiger partial charge in [0.15, 0.2) is 6.61 Å². The molecule has 0 spiro atoms. The molecule has 1 aliphatic rings. The fourth-order valence-electron chi connectivity index (χ4n) is 2.53. The molecule has 126 valence electrons. The lowest BCUT2D eigenvalue weighted by Crippen LogP contribution is -2.57. The largest absolute Gasteiger partial charge is 0.484 e. The third-order valence-electron chi connectivity index (χ3n) is 4.03. The molecule has 0 atom stereocenters. The predicted molar refractivity (Wildman–Crippen MR) is 91.1 cm³/mol. The molecular weight excluding hydrogens is 314 g/mol. The van der Waals surface area contributed by atoms with Crippen LogP contribution in [0.4, 0.5) is 0 Å². The minimum atomic E-state index is -1.15. The number of ether oxygens (including phenoxy) is 1. The van der Waals surface area contributed by atoms with Crippen LogP contribution in [0.3, 0.4) is 0 Å². The van der Waals surface area contributed by atoms with E-state index < -0.39 is 17.4 Å². The summed E-state index contributed by atoms with van der Waals surface area (Å²) in [6, 6.07) is 7.60. The van der Waals surface area contributed by atoms with E-state index in [1.165, 1.54) is 0 Å². The van der Waals surface area contributed by atoms with Crippen LogP contribution in [0.25, 0.3) is 0 Å². The molecule has 0 saturated carbocycles. The van der Waals surface area contributed by atoms with Gasteiger partial charge in [-0.05, 0) is 48.0 Å². The number of carbonyl (C=O) groups excluding carboxylic acids is 1. The monoisotopic (exact) mass is 337 g/mol. The van der Waals surface area contributed by atoms with E-state index in [4.69, 9.17) is 4.74 Å². The van der Waals surface area contributed by atoms with Gasteiger partial charge in [0.2, 0.25) is 0 Å². The summed E-state index contributed by atoms with van der Waals surface area (Å²) in [6.07, 6.45) is 0.892. The number of thioether (sulfide) groups is 1. The summed E-state index contributed by atoms with van der Waals surface area (Å²) in [7, 11) is 0. The Morgan fingerprint density at radius 2 is 2.04 bits per heavy atom. The second kappa shape index (κ2) is 7.73. The first kappa shape index (κ1) is 17.7. The Kier molecular flexibility index (Phi) is 5.93. The number of hydrogen-bond donors (Lipinski definition) is 2. The summed E-state index contributed by atoms with van der Waals surface area (Å²) in [5.74, 6) is 1.12. The van der Waals surface area contributed by atoms with Crippen LogP contribution in [-0.4, -0.2) is 40.6 Å². The van der Waals surface area contributed by atoms with Crippen LogP contribution in [0.15, 0.2) is 24.3 Å². The summed E-state index contributed by atoms with van der Waals surface area (Å²) in [4.78, 5) is 23.6. The summed E-state index contributed by atoms with van der Waals surface area (Å²) < 4.78 is 5.51. The van der Waals surface area contributed by atoms with Crippen molar-refractivity contribution in [3.05, 3.63) is 29.8 Å². The molecule has 0 aromatic heterocycles. The van der Waals surface area contributed by atoms with Crippen molar-refractivity contribution in [2.45, 2.75) is 38.1 Å². The lowest BCUT2D eigenvalue weighted by atomic mass is 9.92. The van der Waals surface area contributed by atoms with E-state index in [1.54, 1.807) is 17.8 Å². The van der Waals surface area contributed by atoms with Crippen molar-refractivity contribution in [3.63, 3.8) is 0 Å². The Bertz CT molecular complexity index is 567. The molecule has 0 bridgehead atoms. The summed E-state index contributed by atoms with van der Waals surface area (Å²) >= 11 is 1.71. The molecule has 1 aliphatic heterocycles. The van der Waals surface area contributed by atoms with Gasteiger partial charge >= 0.3 is 5.97 Å². The van der Waals surface area contributed by atoms with Gasteiger partial charge in [-0.15, -0.1) is 0 Å². The molecule has 2 N–H and O–H groups in total. The van der Waals surface area contributed by atoms with E-state index in [9.17, 15) is 14.7 Å². The molecule has 0 unspecified atom stereocenters. The van der Waals surface area contributed by atoms with Gasteiger partial charge < -0.3 is 15.2 Å². The Balaban J connectivity index is 1.94. The van der Waals surface area contributed by atoms with Crippen molar-refractivity contribution in [1.82, 2.24) is 5.32 Å². The van der Waals surface area contributed by atoms with Gasteiger partial charge in [0.05, 0.1) is 0 Å². The molecule has 1 aromatic rings. The van der Waals surface area contributed by atoms with Crippen molar-refractivity contribution < 1.29 is 19.4 Å². The van der Waals surface area contributed by atoms with Crippen LogP contribution in [-0.2, 0) is 9.59 Å². The van der Waals surface area contributed by atoms with E-state index in [1.807, 2.05) is 18.2 Å². The zero-order chi connectivity index (χ0) is 16.9. The Morgan fingerprint density at radius 3 is 2.65 bits per heavy atom. The highest BCUT2D eigenvalue weighted by Crippen LogP contribution is 2.27. The molecule has 1 aromatic carbocycles. The van der Waals surface area contributed by atoms with Gasteiger partial charge in [0.25, 0.3) is 5.91 Å². The molecule has 0 aliphatic carbocycles. The van der Waals surface area contributed by atoms with Crippen molar-refractivity contribution in [1.29, 1.82) is 0 Å². The fraction of sp³-hybridized carbons (Fsp3) is 0.529. The van der Waals surface area contributed by atoms with Gasteiger partial charge in [-0.25, -0.2) is 4.79 Å². The van der Waals surface area contributed by atoms with Crippen molar-refractivity contribution >= 4 is 23.6 Å². The van der Waals surface area contributed by atoms with Crippen LogP contribution in [0.2, 0.25) is 0 Å². The molecule has 1 amide bonds. The summed E-state index contributed by atoms with van der Waals surface area (Å²) in [5.41, 5.74) is -0.0138. The zero-order valence-corrected chi connectivity index (χ0v) is 14.3. The second-order valence-corrected chi connectivity index (χ2v) is 7.29. The molecular formula is C17H23NO4S. The van der Waals surface area contributed by atoms with Gasteiger partial charge in [-0.2, -0.15) is 11.8 Å². The smallest absolute Gasteiger partial charge is 0.329 e. The quantitative estimate of drug-likeness (QED) is 0.835. The maximum absolute atomic E-state index is 12.1. The zero-order valence-electron chi connectivity index (χ0n) is 13.5. The number of aliphatic carboxylic acids is 1. The van der Waals surface area contributed by atoms with E-state index in [-0.39, 0.29) is 6.61 Å². The lowest BCUT2D eigenvalue weighted by Gasteiger charge is -2.33. The Labute approximate surface area is 140 Å². The van der Waals surface area contributed by atoms with Crippen LogP contribution in [0.1, 0.15) is 38.2 Å². The average Bonchev–Trinajstić information content (AvgIpc) is 2.54. The third-order valence-corrected chi connectivity index (χ3v) is 5.01. The van der Waals surface area contributed by atoms with Gasteiger partial charge in [0, 0.05) is 0 Å². The van der Waals surface area contributed by atoms with Gasteiger partial charge in [0.1, 0.15) is 11.3 Å². The first-order valence-corrected chi connectivity index (χ1v) is 8.93. The Morgan fingerprint density at radius 1 is 1.35 bits per heavy atom. The number of benzene rings is 1. The summed E-state index contributed by atoms with van der Waals surface area (Å²) in [6.45, 7) is 4.00. The SMILES string of the molecule is CC(C)c1cccc(OCC(=O)NC2(C(=O)O)CCSCC2)c1.